The van der Waals surface area contributed by atoms with E-state index in [1.165, 1.54) is 0 Å². The maximum atomic E-state index is 12.0. The predicted molar refractivity (Wildman–Crippen MR) is 80.3 cm³/mol. The molecule has 0 saturated carbocycles. The third-order valence-corrected chi connectivity index (χ3v) is 3.61. The van der Waals surface area contributed by atoms with Gasteiger partial charge in [-0.1, -0.05) is 36.4 Å². The van der Waals surface area contributed by atoms with Gasteiger partial charge in [-0.05, 0) is 12.1 Å². The monoisotopic (exact) mass is 264 g/mol. The van der Waals surface area contributed by atoms with E-state index >= 15 is 0 Å². The molecule has 1 aliphatic rings. The number of hydrogen-bond acceptors (Lipinski definition) is 2. The average molecular weight is 264 g/mol. The van der Waals surface area contributed by atoms with Crippen LogP contribution in [-0.2, 0) is 4.79 Å². The van der Waals surface area contributed by atoms with Crippen LogP contribution in [0.5, 0.6) is 0 Å². The number of anilines is 1. The van der Waals surface area contributed by atoms with E-state index < -0.39 is 0 Å². The molecule has 0 bridgehead atoms. The van der Waals surface area contributed by atoms with Crippen LogP contribution in [0.25, 0.3) is 11.3 Å². The maximum Gasteiger partial charge on any atom is 0.227 e. The van der Waals surface area contributed by atoms with E-state index in [9.17, 15) is 4.79 Å². The molecule has 2 heterocycles. The van der Waals surface area contributed by atoms with Gasteiger partial charge in [-0.2, -0.15) is 0 Å². The number of amides is 1. The van der Waals surface area contributed by atoms with Crippen molar-refractivity contribution in [2.45, 2.75) is 6.42 Å². The molecule has 1 amide bonds. The molecular formula is C17H16N2O. The SMILES string of the molecule is C=CC1CC(=O)N(c2ccnc(-c3ccccc3)c2)C1. The van der Waals surface area contributed by atoms with E-state index in [0.717, 1.165) is 16.9 Å². The van der Waals surface area contributed by atoms with Crippen molar-refractivity contribution in [3.63, 3.8) is 0 Å². The summed E-state index contributed by atoms with van der Waals surface area (Å²) >= 11 is 0. The van der Waals surface area contributed by atoms with Gasteiger partial charge in [0.1, 0.15) is 0 Å². The zero-order chi connectivity index (χ0) is 13.9. The number of hydrogen-bond donors (Lipinski definition) is 0. The molecule has 3 nitrogen and oxygen atoms in total. The Morgan fingerprint density at radius 3 is 2.75 bits per heavy atom. The van der Waals surface area contributed by atoms with E-state index in [2.05, 4.69) is 11.6 Å². The third kappa shape index (κ3) is 2.35. The van der Waals surface area contributed by atoms with Crippen LogP contribution in [0.15, 0.2) is 61.3 Å². The Morgan fingerprint density at radius 2 is 2.05 bits per heavy atom. The summed E-state index contributed by atoms with van der Waals surface area (Å²) in [5, 5.41) is 0. The van der Waals surface area contributed by atoms with Gasteiger partial charge in [0.15, 0.2) is 0 Å². The largest absolute Gasteiger partial charge is 0.312 e. The van der Waals surface area contributed by atoms with Crippen LogP contribution in [-0.4, -0.2) is 17.4 Å². The van der Waals surface area contributed by atoms with Crippen LogP contribution in [0.4, 0.5) is 5.69 Å². The predicted octanol–water partition coefficient (Wildman–Crippen LogP) is 3.29. The first kappa shape index (κ1) is 12.6. The lowest BCUT2D eigenvalue weighted by molar-refractivity contribution is -0.117. The van der Waals surface area contributed by atoms with Gasteiger partial charge < -0.3 is 4.90 Å². The van der Waals surface area contributed by atoms with Gasteiger partial charge in [-0.15, -0.1) is 6.58 Å². The molecule has 0 radical (unpaired) electrons. The molecule has 0 spiro atoms. The van der Waals surface area contributed by atoms with E-state index in [4.69, 9.17) is 0 Å². The van der Waals surface area contributed by atoms with E-state index in [0.29, 0.717) is 13.0 Å². The molecule has 1 saturated heterocycles. The Kier molecular flexibility index (Phi) is 3.33. The van der Waals surface area contributed by atoms with Crippen molar-refractivity contribution in [3.8, 4) is 11.3 Å². The highest BCUT2D eigenvalue weighted by Gasteiger charge is 2.28. The number of aromatic nitrogens is 1. The lowest BCUT2D eigenvalue weighted by Crippen LogP contribution is -2.24. The molecular weight excluding hydrogens is 248 g/mol. The van der Waals surface area contributed by atoms with E-state index in [1.807, 2.05) is 53.4 Å². The number of pyridine rings is 1. The zero-order valence-electron chi connectivity index (χ0n) is 11.2. The summed E-state index contributed by atoms with van der Waals surface area (Å²) < 4.78 is 0. The molecule has 0 aliphatic carbocycles. The van der Waals surface area contributed by atoms with Crippen LogP contribution in [0.2, 0.25) is 0 Å². The fraction of sp³-hybridized carbons (Fsp3) is 0.176. The maximum absolute atomic E-state index is 12.0. The van der Waals surface area contributed by atoms with Crippen LogP contribution < -0.4 is 4.90 Å². The van der Waals surface area contributed by atoms with Crippen LogP contribution in [0.3, 0.4) is 0 Å². The molecule has 1 atom stereocenters. The molecule has 1 unspecified atom stereocenters. The highest BCUT2D eigenvalue weighted by atomic mass is 16.2. The van der Waals surface area contributed by atoms with Crippen LogP contribution >= 0.6 is 0 Å². The van der Waals surface area contributed by atoms with Crippen molar-refractivity contribution in [3.05, 3.63) is 61.3 Å². The van der Waals surface area contributed by atoms with Crippen molar-refractivity contribution >= 4 is 11.6 Å². The zero-order valence-corrected chi connectivity index (χ0v) is 11.2. The van der Waals surface area contributed by atoms with Gasteiger partial charge in [0.2, 0.25) is 5.91 Å². The minimum atomic E-state index is 0.153. The summed E-state index contributed by atoms with van der Waals surface area (Å²) in [5.41, 5.74) is 2.85. The molecule has 2 aromatic rings. The molecule has 1 aromatic heterocycles. The number of nitrogens with zero attached hydrogens (tertiary/aromatic N) is 2. The first-order valence-electron chi connectivity index (χ1n) is 6.72. The van der Waals surface area contributed by atoms with Gasteiger partial charge in [-0.25, -0.2) is 0 Å². The van der Waals surface area contributed by atoms with Gasteiger partial charge in [0.25, 0.3) is 0 Å². The molecule has 1 fully saturated rings. The quantitative estimate of drug-likeness (QED) is 0.797. The lowest BCUT2D eigenvalue weighted by atomic mass is 10.1. The second-order valence-corrected chi connectivity index (χ2v) is 4.97. The standard InChI is InChI=1S/C17H16N2O/c1-2-13-10-17(20)19(12-13)15-8-9-18-16(11-15)14-6-4-3-5-7-14/h2-9,11,13H,1,10,12H2. The third-order valence-electron chi connectivity index (χ3n) is 3.61. The van der Waals surface area contributed by atoms with E-state index in [-0.39, 0.29) is 11.8 Å². The second kappa shape index (κ2) is 5.29. The average Bonchev–Trinajstić information content (AvgIpc) is 2.89. The van der Waals surface area contributed by atoms with Gasteiger partial charge in [0, 0.05) is 36.3 Å². The minimum Gasteiger partial charge on any atom is -0.312 e. The number of rotatable bonds is 3. The Hall–Kier alpha value is -2.42. The normalized spacial score (nSPS) is 18.3. The van der Waals surface area contributed by atoms with Crippen LogP contribution in [0.1, 0.15) is 6.42 Å². The summed E-state index contributed by atoms with van der Waals surface area (Å²) in [5.74, 6) is 0.399. The Bertz CT molecular complexity index is 636. The minimum absolute atomic E-state index is 0.153. The summed E-state index contributed by atoms with van der Waals surface area (Å²) in [7, 11) is 0. The van der Waals surface area contributed by atoms with Crippen molar-refractivity contribution < 1.29 is 4.79 Å². The fourth-order valence-electron chi connectivity index (χ4n) is 2.50. The fourth-order valence-corrected chi connectivity index (χ4v) is 2.50. The number of benzene rings is 1. The first-order valence-corrected chi connectivity index (χ1v) is 6.72. The number of carbonyl (C=O) groups excluding carboxylic acids is 1. The molecule has 20 heavy (non-hydrogen) atoms. The summed E-state index contributed by atoms with van der Waals surface area (Å²) in [6.45, 7) is 4.49. The summed E-state index contributed by atoms with van der Waals surface area (Å²) in [6.07, 6.45) is 4.16. The van der Waals surface area contributed by atoms with Crippen molar-refractivity contribution in [2.75, 3.05) is 11.4 Å². The van der Waals surface area contributed by atoms with Crippen molar-refractivity contribution in [2.24, 2.45) is 5.92 Å². The Labute approximate surface area is 118 Å². The Balaban J connectivity index is 1.92. The highest BCUT2D eigenvalue weighted by Crippen LogP contribution is 2.28. The molecule has 3 rings (SSSR count). The van der Waals surface area contributed by atoms with Gasteiger partial charge >= 0.3 is 0 Å². The lowest BCUT2D eigenvalue weighted by Gasteiger charge is -2.16. The van der Waals surface area contributed by atoms with Crippen molar-refractivity contribution in [1.29, 1.82) is 0 Å². The molecule has 100 valence electrons. The second-order valence-electron chi connectivity index (χ2n) is 4.97. The highest BCUT2D eigenvalue weighted by molar-refractivity contribution is 5.96. The van der Waals surface area contributed by atoms with E-state index in [1.54, 1.807) is 6.20 Å². The molecule has 0 N–H and O–H groups in total. The van der Waals surface area contributed by atoms with Crippen molar-refractivity contribution in [1.82, 2.24) is 4.98 Å². The molecule has 3 heteroatoms. The van der Waals surface area contributed by atoms with Crippen LogP contribution in [0, 0.1) is 5.92 Å². The van der Waals surface area contributed by atoms with Gasteiger partial charge in [0.05, 0.1) is 5.69 Å². The molecule has 1 aromatic carbocycles. The van der Waals surface area contributed by atoms with Gasteiger partial charge in [-0.3, -0.25) is 9.78 Å². The summed E-state index contributed by atoms with van der Waals surface area (Å²) in [6, 6.07) is 13.8. The summed E-state index contributed by atoms with van der Waals surface area (Å²) in [4.78, 5) is 18.3. The smallest absolute Gasteiger partial charge is 0.227 e. The Morgan fingerprint density at radius 1 is 1.25 bits per heavy atom. The topological polar surface area (TPSA) is 33.2 Å². The first-order chi connectivity index (χ1) is 9.78. The number of carbonyl (C=O) groups is 1. The molecule has 1 aliphatic heterocycles.